The van der Waals surface area contributed by atoms with Gasteiger partial charge in [0.25, 0.3) is 11.8 Å². The highest BCUT2D eigenvalue weighted by Gasteiger charge is 2.35. The van der Waals surface area contributed by atoms with Crippen molar-refractivity contribution in [3.8, 4) is 5.75 Å². The molecule has 0 aliphatic carbocycles. The van der Waals surface area contributed by atoms with Gasteiger partial charge in [-0.2, -0.15) is 0 Å². The zero-order chi connectivity index (χ0) is 19.1. The molecular formula is C20H13NO6. The van der Waals surface area contributed by atoms with Gasteiger partial charge >= 0.3 is 11.6 Å². The van der Waals surface area contributed by atoms with Crippen LogP contribution in [0.1, 0.15) is 33.2 Å². The van der Waals surface area contributed by atoms with E-state index in [9.17, 15) is 19.2 Å². The summed E-state index contributed by atoms with van der Waals surface area (Å²) in [6.07, 6.45) is 0. The highest BCUT2D eigenvalue weighted by molar-refractivity contribution is 6.21. The molecule has 0 saturated heterocycles. The lowest BCUT2D eigenvalue weighted by Crippen LogP contribution is -2.29. The summed E-state index contributed by atoms with van der Waals surface area (Å²) in [7, 11) is 0. The third-order valence-electron chi connectivity index (χ3n) is 4.27. The first-order chi connectivity index (χ1) is 12.9. The fraction of sp³-hybridized carbons (Fsp3) is 0.100. The Hall–Kier alpha value is -3.74. The zero-order valence-electron chi connectivity index (χ0n) is 14.2. The van der Waals surface area contributed by atoms with Gasteiger partial charge in [0, 0.05) is 24.4 Å². The lowest BCUT2D eigenvalue weighted by molar-refractivity contribution is -0.131. The summed E-state index contributed by atoms with van der Waals surface area (Å²) in [6.45, 7) is 1.19. The summed E-state index contributed by atoms with van der Waals surface area (Å²) in [4.78, 5) is 49.2. The SMILES string of the molecule is CC(=O)Oc1ccc2c(CN3C(=O)c4ccccc4C3=O)cc(=O)oc2c1. The van der Waals surface area contributed by atoms with Crippen molar-refractivity contribution in [2.75, 3.05) is 0 Å². The number of hydrogen-bond acceptors (Lipinski definition) is 6. The Kier molecular flexibility index (Phi) is 3.84. The Balaban J connectivity index is 1.74. The van der Waals surface area contributed by atoms with Crippen molar-refractivity contribution in [2.24, 2.45) is 0 Å². The highest BCUT2D eigenvalue weighted by atomic mass is 16.5. The van der Waals surface area contributed by atoms with E-state index in [4.69, 9.17) is 9.15 Å². The maximum Gasteiger partial charge on any atom is 0.336 e. The van der Waals surface area contributed by atoms with Gasteiger partial charge in [0.2, 0.25) is 0 Å². The first-order valence-electron chi connectivity index (χ1n) is 8.14. The van der Waals surface area contributed by atoms with Crippen LogP contribution in [-0.4, -0.2) is 22.7 Å². The average Bonchev–Trinajstić information content (AvgIpc) is 2.86. The Morgan fingerprint density at radius 1 is 1.00 bits per heavy atom. The number of benzene rings is 2. The summed E-state index contributed by atoms with van der Waals surface area (Å²) < 4.78 is 10.2. The van der Waals surface area contributed by atoms with Gasteiger partial charge in [0.05, 0.1) is 17.7 Å². The molecule has 2 aromatic carbocycles. The van der Waals surface area contributed by atoms with Crippen LogP contribution in [0.15, 0.2) is 57.7 Å². The topological polar surface area (TPSA) is 93.9 Å². The smallest absolute Gasteiger partial charge is 0.336 e. The zero-order valence-corrected chi connectivity index (χ0v) is 14.2. The van der Waals surface area contributed by atoms with Crippen LogP contribution in [0.25, 0.3) is 11.0 Å². The van der Waals surface area contributed by atoms with Crippen molar-refractivity contribution in [2.45, 2.75) is 13.5 Å². The van der Waals surface area contributed by atoms with Crippen molar-refractivity contribution in [3.63, 3.8) is 0 Å². The lowest BCUT2D eigenvalue weighted by atomic mass is 10.1. The first-order valence-corrected chi connectivity index (χ1v) is 8.14. The Morgan fingerprint density at radius 2 is 1.67 bits per heavy atom. The monoisotopic (exact) mass is 363 g/mol. The van der Waals surface area contributed by atoms with Crippen LogP contribution in [0.5, 0.6) is 5.75 Å². The molecule has 0 fully saturated rings. The highest BCUT2D eigenvalue weighted by Crippen LogP contribution is 2.28. The predicted molar refractivity (Wildman–Crippen MR) is 94.4 cm³/mol. The fourth-order valence-corrected chi connectivity index (χ4v) is 3.12. The van der Waals surface area contributed by atoms with Gasteiger partial charge in [0.15, 0.2) is 0 Å². The van der Waals surface area contributed by atoms with E-state index in [1.54, 1.807) is 36.4 Å². The summed E-state index contributed by atoms with van der Waals surface area (Å²) in [6, 6.07) is 12.4. The maximum atomic E-state index is 12.6. The van der Waals surface area contributed by atoms with E-state index in [1.165, 1.54) is 19.1 Å². The minimum atomic E-state index is -0.630. The van der Waals surface area contributed by atoms with Gasteiger partial charge in [-0.1, -0.05) is 12.1 Å². The Morgan fingerprint density at radius 3 is 2.30 bits per heavy atom. The van der Waals surface area contributed by atoms with Crippen molar-refractivity contribution in [3.05, 3.63) is 75.6 Å². The molecule has 0 radical (unpaired) electrons. The Bertz CT molecular complexity index is 1140. The largest absolute Gasteiger partial charge is 0.427 e. The minimum Gasteiger partial charge on any atom is -0.427 e. The standard InChI is InChI=1S/C20H13NO6/c1-11(22)26-13-6-7-14-12(8-18(23)27-17(14)9-13)10-21-19(24)15-4-2-3-5-16(15)20(21)25/h2-9H,10H2,1H3. The number of carbonyl (C=O) groups excluding carboxylic acids is 3. The maximum absolute atomic E-state index is 12.6. The summed E-state index contributed by atoms with van der Waals surface area (Å²) in [5, 5.41) is 0.544. The van der Waals surface area contributed by atoms with Crippen LogP contribution in [0, 0.1) is 0 Å². The van der Waals surface area contributed by atoms with Crippen molar-refractivity contribution >= 4 is 28.8 Å². The number of ether oxygens (including phenoxy) is 1. The van der Waals surface area contributed by atoms with Crippen LogP contribution in [0.3, 0.4) is 0 Å². The van der Waals surface area contributed by atoms with E-state index in [0.29, 0.717) is 22.1 Å². The molecule has 3 aromatic rings. The molecule has 0 unspecified atom stereocenters. The van der Waals surface area contributed by atoms with E-state index < -0.39 is 23.4 Å². The van der Waals surface area contributed by atoms with Gasteiger partial charge in [0.1, 0.15) is 11.3 Å². The van der Waals surface area contributed by atoms with E-state index in [-0.39, 0.29) is 17.9 Å². The lowest BCUT2D eigenvalue weighted by Gasteiger charge is -2.15. The molecule has 0 saturated carbocycles. The normalized spacial score (nSPS) is 13.1. The van der Waals surface area contributed by atoms with Gasteiger partial charge in [-0.3, -0.25) is 19.3 Å². The van der Waals surface area contributed by atoms with Crippen molar-refractivity contribution < 1.29 is 23.5 Å². The summed E-state index contributed by atoms with van der Waals surface area (Å²) in [5.41, 5.74) is 0.714. The molecule has 7 nitrogen and oxygen atoms in total. The van der Waals surface area contributed by atoms with E-state index in [0.717, 1.165) is 4.90 Å². The number of nitrogens with zero attached hydrogens (tertiary/aromatic N) is 1. The number of carbonyl (C=O) groups is 3. The number of esters is 1. The molecule has 7 heteroatoms. The van der Waals surface area contributed by atoms with E-state index >= 15 is 0 Å². The molecule has 134 valence electrons. The number of imide groups is 1. The van der Waals surface area contributed by atoms with Crippen LogP contribution in [0.4, 0.5) is 0 Å². The number of amides is 2. The van der Waals surface area contributed by atoms with Gasteiger partial charge in [-0.25, -0.2) is 4.79 Å². The molecule has 2 amide bonds. The van der Waals surface area contributed by atoms with Crippen molar-refractivity contribution in [1.29, 1.82) is 0 Å². The fourth-order valence-electron chi connectivity index (χ4n) is 3.12. The molecule has 1 aliphatic rings. The minimum absolute atomic E-state index is 0.0681. The third-order valence-corrected chi connectivity index (χ3v) is 4.27. The molecule has 1 aromatic heterocycles. The van der Waals surface area contributed by atoms with Crippen LogP contribution >= 0.6 is 0 Å². The third kappa shape index (κ3) is 2.89. The molecule has 1 aliphatic heterocycles. The van der Waals surface area contributed by atoms with E-state index in [1.807, 2.05) is 0 Å². The second-order valence-electron chi connectivity index (χ2n) is 6.08. The van der Waals surface area contributed by atoms with Gasteiger partial charge in [-0.15, -0.1) is 0 Å². The Labute approximate surface area is 152 Å². The van der Waals surface area contributed by atoms with Crippen LogP contribution in [-0.2, 0) is 11.3 Å². The van der Waals surface area contributed by atoms with Gasteiger partial charge < -0.3 is 9.15 Å². The van der Waals surface area contributed by atoms with Crippen LogP contribution in [0.2, 0.25) is 0 Å². The molecule has 0 bridgehead atoms. The second kappa shape index (κ2) is 6.21. The number of fused-ring (bicyclic) bond motifs is 2. The molecule has 4 rings (SSSR count). The molecule has 0 spiro atoms. The summed E-state index contributed by atoms with van der Waals surface area (Å²) >= 11 is 0. The van der Waals surface area contributed by atoms with E-state index in [2.05, 4.69) is 0 Å². The second-order valence-corrected chi connectivity index (χ2v) is 6.08. The average molecular weight is 363 g/mol. The molecule has 0 atom stereocenters. The quantitative estimate of drug-likeness (QED) is 0.307. The van der Waals surface area contributed by atoms with Crippen molar-refractivity contribution in [1.82, 2.24) is 4.90 Å². The molecular weight excluding hydrogens is 350 g/mol. The first kappa shape index (κ1) is 16.7. The molecule has 2 heterocycles. The van der Waals surface area contributed by atoms with Crippen LogP contribution < -0.4 is 10.4 Å². The van der Waals surface area contributed by atoms with Gasteiger partial charge in [-0.05, 0) is 29.8 Å². The summed E-state index contributed by atoms with van der Waals surface area (Å²) in [5.74, 6) is -1.09. The molecule has 0 N–H and O–H groups in total. The molecule has 27 heavy (non-hydrogen) atoms. The number of rotatable bonds is 3. The number of hydrogen-bond donors (Lipinski definition) is 0. The predicted octanol–water partition coefficient (Wildman–Crippen LogP) is 2.51.